The van der Waals surface area contributed by atoms with Crippen LogP contribution < -0.4 is 0 Å². The topological polar surface area (TPSA) is 76.2 Å². The Labute approximate surface area is 115 Å². The summed E-state index contributed by atoms with van der Waals surface area (Å²) < 4.78 is 5.58. The predicted octanol–water partition coefficient (Wildman–Crippen LogP) is 3.16. The van der Waals surface area contributed by atoms with Crippen molar-refractivity contribution in [1.82, 2.24) is 10.2 Å². The normalized spacial score (nSPS) is 10.8. The van der Waals surface area contributed by atoms with Gasteiger partial charge < -0.3 is 9.52 Å². The third kappa shape index (κ3) is 3.89. The molecule has 0 unspecified atom stereocenters. The zero-order valence-corrected chi connectivity index (χ0v) is 11.6. The Morgan fingerprint density at radius 1 is 1.37 bits per heavy atom. The standard InChI is InChI=1S/C13H16N2O3S/c1-2-9-7-8-10(19-9)13-15-14-11(18-13)5-3-4-6-12(16)17/h7-8H,2-6H2,1H3,(H,16,17). The number of aryl methyl sites for hydroxylation is 2. The minimum atomic E-state index is -0.767. The van der Waals surface area contributed by atoms with E-state index in [0.717, 1.165) is 17.7 Å². The van der Waals surface area contributed by atoms with Gasteiger partial charge in [-0.1, -0.05) is 6.92 Å². The van der Waals surface area contributed by atoms with Crippen LogP contribution in [0.25, 0.3) is 10.8 Å². The number of carboxylic acid groups (broad SMARTS) is 1. The summed E-state index contributed by atoms with van der Waals surface area (Å²) in [6.07, 6.45) is 3.20. The molecule has 0 aliphatic rings. The SMILES string of the molecule is CCc1ccc(-c2nnc(CCCCC(=O)O)o2)s1. The molecule has 2 heterocycles. The van der Waals surface area contributed by atoms with Crippen molar-refractivity contribution < 1.29 is 14.3 Å². The summed E-state index contributed by atoms with van der Waals surface area (Å²) in [6, 6.07) is 4.06. The van der Waals surface area contributed by atoms with Gasteiger partial charge in [-0.3, -0.25) is 4.79 Å². The lowest BCUT2D eigenvalue weighted by Gasteiger charge is -1.93. The lowest BCUT2D eigenvalue weighted by Crippen LogP contribution is -1.95. The quantitative estimate of drug-likeness (QED) is 0.788. The smallest absolute Gasteiger partial charge is 0.303 e. The molecule has 0 fully saturated rings. The predicted molar refractivity (Wildman–Crippen MR) is 72.2 cm³/mol. The van der Waals surface area contributed by atoms with E-state index in [2.05, 4.69) is 23.2 Å². The summed E-state index contributed by atoms with van der Waals surface area (Å²) in [5.74, 6) is 0.363. The maximum absolute atomic E-state index is 10.4. The lowest BCUT2D eigenvalue weighted by atomic mass is 10.2. The van der Waals surface area contributed by atoms with E-state index in [9.17, 15) is 4.79 Å². The summed E-state index contributed by atoms with van der Waals surface area (Å²) in [6.45, 7) is 2.11. The van der Waals surface area contributed by atoms with Crippen LogP contribution in [0.1, 0.15) is 37.0 Å². The third-order valence-electron chi connectivity index (χ3n) is 2.72. The Morgan fingerprint density at radius 2 is 2.21 bits per heavy atom. The first-order valence-corrected chi connectivity index (χ1v) is 7.14. The van der Waals surface area contributed by atoms with Gasteiger partial charge in [0.2, 0.25) is 5.89 Å². The van der Waals surface area contributed by atoms with E-state index in [1.165, 1.54) is 4.88 Å². The molecule has 0 spiro atoms. The number of nitrogens with zero attached hydrogens (tertiary/aromatic N) is 2. The monoisotopic (exact) mass is 280 g/mol. The lowest BCUT2D eigenvalue weighted by molar-refractivity contribution is -0.137. The van der Waals surface area contributed by atoms with Gasteiger partial charge in [0, 0.05) is 17.7 Å². The van der Waals surface area contributed by atoms with Crippen molar-refractivity contribution >= 4 is 17.3 Å². The van der Waals surface area contributed by atoms with Gasteiger partial charge in [0.1, 0.15) is 0 Å². The molecule has 19 heavy (non-hydrogen) atoms. The average Bonchev–Trinajstić information content (AvgIpc) is 3.02. The maximum atomic E-state index is 10.4. The molecular weight excluding hydrogens is 264 g/mol. The fraction of sp³-hybridized carbons (Fsp3) is 0.462. The molecule has 6 heteroatoms. The van der Waals surface area contributed by atoms with Crippen LogP contribution in [0.2, 0.25) is 0 Å². The molecule has 0 radical (unpaired) electrons. The van der Waals surface area contributed by atoms with Crippen LogP contribution in [0.15, 0.2) is 16.5 Å². The largest absolute Gasteiger partial charge is 0.481 e. The number of carboxylic acids is 1. The van der Waals surface area contributed by atoms with Gasteiger partial charge in [-0.2, -0.15) is 0 Å². The first-order valence-electron chi connectivity index (χ1n) is 6.32. The number of unbranched alkanes of at least 4 members (excludes halogenated alkanes) is 1. The van der Waals surface area contributed by atoms with Crippen molar-refractivity contribution in [2.45, 2.75) is 39.0 Å². The van der Waals surface area contributed by atoms with E-state index in [4.69, 9.17) is 9.52 Å². The van der Waals surface area contributed by atoms with E-state index in [0.29, 0.717) is 24.6 Å². The molecule has 5 nitrogen and oxygen atoms in total. The van der Waals surface area contributed by atoms with Gasteiger partial charge in [-0.05, 0) is 31.4 Å². The highest BCUT2D eigenvalue weighted by Gasteiger charge is 2.10. The van der Waals surface area contributed by atoms with Crippen LogP contribution in [-0.4, -0.2) is 21.3 Å². The minimum absolute atomic E-state index is 0.186. The Kier molecular flexibility index (Phi) is 4.68. The second-order valence-electron chi connectivity index (χ2n) is 4.22. The Balaban J connectivity index is 1.89. The molecule has 0 aliphatic carbocycles. The van der Waals surface area contributed by atoms with Crippen molar-refractivity contribution in [1.29, 1.82) is 0 Å². The molecule has 0 amide bonds. The summed E-state index contributed by atoms with van der Waals surface area (Å²) in [4.78, 5) is 12.7. The second kappa shape index (κ2) is 6.47. The van der Waals surface area contributed by atoms with Crippen molar-refractivity contribution in [3.8, 4) is 10.8 Å². The van der Waals surface area contributed by atoms with Gasteiger partial charge in [0.25, 0.3) is 5.89 Å². The van der Waals surface area contributed by atoms with Crippen LogP contribution in [-0.2, 0) is 17.6 Å². The highest BCUT2D eigenvalue weighted by molar-refractivity contribution is 7.15. The molecule has 0 saturated carbocycles. The van der Waals surface area contributed by atoms with Crippen molar-refractivity contribution in [2.75, 3.05) is 0 Å². The summed E-state index contributed by atoms with van der Waals surface area (Å²) in [7, 11) is 0. The number of thiophene rings is 1. The van der Waals surface area contributed by atoms with Gasteiger partial charge in [0.05, 0.1) is 4.88 Å². The van der Waals surface area contributed by atoms with Crippen LogP contribution >= 0.6 is 11.3 Å². The molecule has 0 atom stereocenters. The van der Waals surface area contributed by atoms with E-state index in [1.54, 1.807) is 11.3 Å². The molecule has 2 aromatic heterocycles. The summed E-state index contributed by atoms with van der Waals surface area (Å²) >= 11 is 1.66. The molecule has 0 aromatic carbocycles. The summed E-state index contributed by atoms with van der Waals surface area (Å²) in [5.41, 5.74) is 0. The molecular formula is C13H16N2O3S. The number of hydrogen-bond donors (Lipinski definition) is 1. The number of aliphatic carboxylic acids is 1. The average molecular weight is 280 g/mol. The number of aromatic nitrogens is 2. The highest BCUT2D eigenvalue weighted by atomic mass is 32.1. The van der Waals surface area contributed by atoms with Gasteiger partial charge in [0.15, 0.2) is 0 Å². The minimum Gasteiger partial charge on any atom is -0.481 e. The molecule has 1 N–H and O–H groups in total. The molecule has 2 aromatic rings. The molecule has 2 rings (SSSR count). The number of carbonyl (C=O) groups is 1. The maximum Gasteiger partial charge on any atom is 0.303 e. The third-order valence-corrected chi connectivity index (χ3v) is 3.94. The van der Waals surface area contributed by atoms with E-state index >= 15 is 0 Å². The summed E-state index contributed by atoms with van der Waals surface area (Å²) in [5, 5.41) is 16.6. The zero-order chi connectivity index (χ0) is 13.7. The Morgan fingerprint density at radius 3 is 2.89 bits per heavy atom. The highest BCUT2D eigenvalue weighted by Crippen LogP contribution is 2.27. The van der Waals surface area contributed by atoms with Gasteiger partial charge in [-0.15, -0.1) is 21.5 Å². The molecule has 0 bridgehead atoms. The van der Waals surface area contributed by atoms with Crippen LogP contribution in [0.5, 0.6) is 0 Å². The van der Waals surface area contributed by atoms with Crippen LogP contribution in [0.4, 0.5) is 0 Å². The fourth-order valence-corrected chi connectivity index (χ4v) is 2.56. The zero-order valence-electron chi connectivity index (χ0n) is 10.8. The first kappa shape index (κ1) is 13.7. The van der Waals surface area contributed by atoms with E-state index < -0.39 is 5.97 Å². The number of hydrogen-bond acceptors (Lipinski definition) is 5. The van der Waals surface area contributed by atoms with Gasteiger partial charge >= 0.3 is 5.97 Å². The second-order valence-corrected chi connectivity index (χ2v) is 5.39. The van der Waals surface area contributed by atoms with Crippen molar-refractivity contribution in [3.63, 3.8) is 0 Å². The van der Waals surface area contributed by atoms with E-state index in [1.807, 2.05) is 6.07 Å². The van der Waals surface area contributed by atoms with E-state index in [-0.39, 0.29) is 6.42 Å². The van der Waals surface area contributed by atoms with Crippen molar-refractivity contribution in [3.05, 3.63) is 22.9 Å². The molecule has 0 aliphatic heterocycles. The fourth-order valence-electron chi connectivity index (χ4n) is 1.69. The molecule has 102 valence electrons. The van der Waals surface area contributed by atoms with Crippen LogP contribution in [0.3, 0.4) is 0 Å². The van der Waals surface area contributed by atoms with Crippen LogP contribution in [0, 0.1) is 0 Å². The van der Waals surface area contributed by atoms with Gasteiger partial charge in [-0.25, -0.2) is 0 Å². The Bertz CT molecular complexity index is 548. The van der Waals surface area contributed by atoms with Crippen molar-refractivity contribution in [2.24, 2.45) is 0 Å². The number of rotatable bonds is 7. The first-order chi connectivity index (χ1) is 9.19. The Hall–Kier alpha value is -1.69. The molecule has 0 saturated heterocycles.